The molecule has 2 aliphatic rings. The van der Waals surface area contributed by atoms with E-state index in [1.807, 2.05) is 49.1 Å². The fourth-order valence-electron chi connectivity index (χ4n) is 4.57. The molecule has 2 aliphatic heterocycles. The van der Waals surface area contributed by atoms with Gasteiger partial charge in [0.15, 0.2) is 0 Å². The Hall–Kier alpha value is -2.18. The van der Waals surface area contributed by atoms with Crippen molar-refractivity contribution >= 4 is 21.6 Å². The van der Waals surface area contributed by atoms with Crippen LogP contribution in [0, 0.1) is 19.8 Å². The monoisotopic (exact) mass is 412 g/mol. The second-order valence-electron chi connectivity index (χ2n) is 8.34. The summed E-state index contributed by atoms with van der Waals surface area (Å²) < 4.78 is 27.8. The molecule has 0 radical (unpaired) electrons. The molecule has 0 bridgehead atoms. The SMILES string of the molecule is Cc1ccc(C)c(S(=O)(=O)N2CCC(C(=O)N3c4ccccc4CC3C)CC2)c1. The highest BCUT2D eigenvalue weighted by Crippen LogP contribution is 2.35. The quantitative estimate of drug-likeness (QED) is 0.773. The van der Waals surface area contributed by atoms with Gasteiger partial charge in [-0.1, -0.05) is 30.3 Å². The maximum Gasteiger partial charge on any atom is 0.243 e. The van der Waals surface area contributed by atoms with Crippen LogP contribution in [0.2, 0.25) is 0 Å². The molecule has 0 spiro atoms. The summed E-state index contributed by atoms with van der Waals surface area (Å²) in [5.74, 6) is -0.0000957. The number of anilines is 1. The number of aryl methyl sites for hydroxylation is 2. The maximum atomic E-state index is 13.3. The molecule has 1 atom stereocenters. The molecule has 0 aliphatic carbocycles. The van der Waals surface area contributed by atoms with Crippen LogP contribution in [0.25, 0.3) is 0 Å². The number of nitrogens with zero attached hydrogens (tertiary/aromatic N) is 2. The Balaban J connectivity index is 1.48. The Kier molecular flexibility index (Phi) is 5.25. The number of rotatable bonds is 3. The number of benzene rings is 2. The summed E-state index contributed by atoms with van der Waals surface area (Å²) in [5.41, 5.74) is 3.91. The molecule has 5 nitrogen and oxygen atoms in total. The number of amides is 1. The van der Waals surface area contributed by atoms with Crippen LogP contribution in [-0.2, 0) is 21.2 Å². The zero-order chi connectivity index (χ0) is 20.8. The molecular formula is C23H28N2O3S. The lowest BCUT2D eigenvalue weighted by atomic mass is 9.96. The number of sulfonamides is 1. The molecule has 1 amide bonds. The van der Waals surface area contributed by atoms with Crippen LogP contribution in [0.1, 0.15) is 36.5 Å². The number of hydrogen-bond donors (Lipinski definition) is 0. The highest BCUT2D eigenvalue weighted by Gasteiger charge is 2.38. The summed E-state index contributed by atoms with van der Waals surface area (Å²) >= 11 is 0. The second-order valence-corrected chi connectivity index (χ2v) is 10.2. The van der Waals surface area contributed by atoms with Crippen molar-refractivity contribution in [3.63, 3.8) is 0 Å². The normalized spacial score (nSPS) is 20.7. The largest absolute Gasteiger partial charge is 0.309 e. The summed E-state index contributed by atoms with van der Waals surface area (Å²) in [4.78, 5) is 15.6. The van der Waals surface area contributed by atoms with Crippen LogP contribution in [0.5, 0.6) is 0 Å². The van der Waals surface area contributed by atoms with Crippen LogP contribution in [0.4, 0.5) is 5.69 Å². The van der Waals surface area contributed by atoms with Gasteiger partial charge in [-0.2, -0.15) is 4.31 Å². The molecule has 2 aromatic rings. The average Bonchev–Trinajstić information content (AvgIpc) is 3.05. The van der Waals surface area contributed by atoms with E-state index in [2.05, 4.69) is 13.0 Å². The lowest BCUT2D eigenvalue weighted by Gasteiger charge is -2.34. The first-order valence-corrected chi connectivity index (χ1v) is 11.7. The lowest BCUT2D eigenvalue weighted by molar-refractivity contribution is -0.123. The lowest BCUT2D eigenvalue weighted by Crippen LogP contribution is -2.46. The average molecular weight is 413 g/mol. The molecule has 6 heteroatoms. The summed E-state index contributed by atoms with van der Waals surface area (Å²) in [6, 6.07) is 13.7. The third-order valence-electron chi connectivity index (χ3n) is 6.21. The summed E-state index contributed by atoms with van der Waals surface area (Å²) in [7, 11) is -3.53. The molecule has 1 fully saturated rings. The van der Waals surface area contributed by atoms with Gasteiger partial charge in [-0.3, -0.25) is 4.79 Å². The predicted octanol–water partition coefficient (Wildman–Crippen LogP) is 3.68. The molecule has 2 aromatic carbocycles. The van der Waals surface area contributed by atoms with E-state index in [4.69, 9.17) is 0 Å². The van der Waals surface area contributed by atoms with Crippen molar-refractivity contribution in [2.24, 2.45) is 5.92 Å². The van der Waals surface area contributed by atoms with Gasteiger partial charge in [0.25, 0.3) is 0 Å². The topological polar surface area (TPSA) is 57.7 Å². The van der Waals surface area contributed by atoms with Gasteiger partial charge in [0.2, 0.25) is 15.9 Å². The Labute approximate surface area is 173 Å². The van der Waals surface area contributed by atoms with Crippen LogP contribution in [0.3, 0.4) is 0 Å². The first-order valence-electron chi connectivity index (χ1n) is 10.3. The van der Waals surface area contributed by atoms with Crippen LogP contribution in [0.15, 0.2) is 47.4 Å². The molecular weight excluding hydrogens is 384 g/mol. The molecule has 4 rings (SSSR count). The number of carbonyl (C=O) groups is 1. The molecule has 1 unspecified atom stereocenters. The van der Waals surface area contributed by atoms with Crippen molar-refractivity contribution < 1.29 is 13.2 Å². The van der Waals surface area contributed by atoms with Crippen LogP contribution < -0.4 is 4.90 Å². The van der Waals surface area contributed by atoms with Gasteiger partial charge in [-0.05, 0) is 68.9 Å². The standard InChI is InChI=1S/C23H28N2O3S/c1-16-8-9-17(2)22(14-16)29(27,28)24-12-10-19(11-13-24)23(26)25-18(3)15-20-6-4-5-7-21(20)25/h4-9,14,18-19H,10-13,15H2,1-3H3. The van der Waals surface area contributed by atoms with E-state index in [1.165, 1.54) is 5.56 Å². The maximum absolute atomic E-state index is 13.3. The van der Waals surface area contributed by atoms with E-state index in [1.54, 1.807) is 10.4 Å². The zero-order valence-electron chi connectivity index (χ0n) is 17.3. The first-order chi connectivity index (χ1) is 13.8. The van der Waals surface area contributed by atoms with Gasteiger partial charge in [0.05, 0.1) is 4.90 Å². The minimum absolute atomic E-state index is 0.131. The minimum Gasteiger partial charge on any atom is -0.309 e. The van der Waals surface area contributed by atoms with Gasteiger partial charge in [-0.15, -0.1) is 0 Å². The third kappa shape index (κ3) is 3.60. The summed E-state index contributed by atoms with van der Waals surface area (Å²) in [6.07, 6.45) is 2.00. The molecule has 1 saturated heterocycles. The van der Waals surface area contributed by atoms with Gasteiger partial charge in [0, 0.05) is 30.7 Å². The Morgan fingerprint density at radius 3 is 2.45 bits per heavy atom. The summed E-state index contributed by atoms with van der Waals surface area (Å²) in [6.45, 7) is 6.58. The van der Waals surface area contributed by atoms with E-state index >= 15 is 0 Å². The number of fused-ring (bicyclic) bond motifs is 1. The molecule has 0 N–H and O–H groups in total. The number of hydrogen-bond acceptors (Lipinski definition) is 3. The van der Waals surface area contributed by atoms with Crippen LogP contribution >= 0.6 is 0 Å². The Morgan fingerprint density at radius 1 is 1.03 bits per heavy atom. The van der Waals surface area contributed by atoms with E-state index in [0.29, 0.717) is 30.8 Å². The number of piperidine rings is 1. The van der Waals surface area contributed by atoms with E-state index in [0.717, 1.165) is 23.2 Å². The highest BCUT2D eigenvalue weighted by atomic mass is 32.2. The van der Waals surface area contributed by atoms with Gasteiger partial charge in [-0.25, -0.2) is 8.42 Å². The fourth-order valence-corrected chi connectivity index (χ4v) is 6.34. The van der Waals surface area contributed by atoms with Gasteiger partial charge < -0.3 is 4.90 Å². The van der Waals surface area contributed by atoms with E-state index < -0.39 is 10.0 Å². The van der Waals surface area contributed by atoms with Crippen molar-refractivity contribution in [1.29, 1.82) is 0 Å². The van der Waals surface area contributed by atoms with E-state index in [-0.39, 0.29) is 17.9 Å². The number of carbonyl (C=O) groups excluding carboxylic acids is 1. The second kappa shape index (κ2) is 7.58. The van der Waals surface area contributed by atoms with Crippen molar-refractivity contribution in [2.75, 3.05) is 18.0 Å². The van der Waals surface area contributed by atoms with Crippen molar-refractivity contribution in [2.45, 2.75) is 51.0 Å². The highest BCUT2D eigenvalue weighted by molar-refractivity contribution is 7.89. The van der Waals surface area contributed by atoms with Gasteiger partial charge in [0.1, 0.15) is 0 Å². The molecule has 154 valence electrons. The minimum atomic E-state index is -3.53. The molecule has 29 heavy (non-hydrogen) atoms. The Bertz CT molecular complexity index is 1040. The molecule has 0 saturated carbocycles. The van der Waals surface area contributed by atoms with Crippen molar-refractivity contribution in [3.8, 4) is 0 Å². The zero-order valence-corrected chi connectivity index (χ0v) is 18.1. The van der Waals surface area contributed by atoms with Crippen molar-refractivity contribution in [1.82, 2.24) is 4.31 Å². The Morgan fingerprint density at radius 2 is 1.72 bits per heavy atom. The smallest absolute Gasteiger partial charge is 0.243 e. The molecule has 0 aromatic heterocycles. The van der Waals surface area contributed by atoms with E-state index in [9.17, 15) is 13.2 Å². The summed E-state index contributed by atoms with van der Waals surface area (Å²) in [5, 5.41) is 0. The van der Waals surface area contributed by atoms with Gasteiger partial charge >= 0.3 is 0 Å². The first kappa shape index (κ1) is 20.1. The fraction of sp³-hybridized carbons (Fsp3) is 0.435. The predicted molar refractivity (Wildman–Crippen MR) is 114 cm³/mol. The molecule has 2 heterocycles. The van der Waals surface area contributed by atoms with Crippen LogP contribution in [-0.4, -0.2) is 37.8 Å². The third-order valence-corrected chi connectivity index (χ3v) is 8.25. The number of para-hydroxylation sites is 1. The van der Waals surface area contributed by atoms with Crippen molar-refractivity contribution in [3.05, 3.63) is 59.2 Å².